The molecule has 0 fully saturated rings. The Balaban J connectivity index is 1.75. The monoisotopic (exact) mass is 369 g/mol. The zero-order valence-electron chi connectivity index (χ0n) is 14.7. The fraction of sp³-hybridized carbons (Fsp3) is 0.0435. The van der Waals surface area contributed by atoms with E-state index in [0.29, 0.717) is 5.02 Å². The number of rotatable bonds is 2. The van der Waals surface area contributed by atoms with Gasteiger partial charge in [-0.15, -0.1) is 0 Å². The number of halogens is 1. The van der Waals surface area contributed by atoms with Gasteiger partial charge in [0.25, 0.3) is 0 Å². The molecule has 0 radical (unpaired) electrons. The molecule has 27 heavy (non-hydrogen) atoms. The van der Waals surface area contributed by atoms with Crippen molar-refractivity contribution in [3.8, 4) is 22.4 Å². The Morgan fingerprint density at radius 1 is 0.815 bits per heavy atom. The average Bonchev–Trinajstić information content (AvgIpc) is 3.03. The van der Waals surface area contributed by atoms with Crippen molar-refractivity contribution < 1.29 is 0 Å². The Labute approximate surface area is 161 Å². The lowest BCUT2D eigenvalue weighted by atomic mass is 10.0. The predicted octanol–water partition coefficient (Wildman–Crippen LogP) is 6.18. The zero-order chi connectivity index (χ0) is 18.4. The van der Waals surface area contributed by atoms with Gasteiger partial charge >= 0.3 is 0 Å². The molecule has 0 saturated carbocycles. The van der Waals surface area contributed by atoms with Crippen LogP contribution in [0.4, 0.5) is 0 Å². The predicted molar refractivity (Wildman–Crippen MR) is 111 cm³/mol. The Kier molecular flexibility index (Phi) is 3.69. The summed E-state index contributed by atoms with van der Waals surface area (Å²) in [6, 6.07) is 24.7. The number of nitrogens with zero attached hydrogens (tertiary/aromatic N) is 3. The van der Waals surface area contributed by atoms with Gasteiger partial charge in [0.15, 0.2) is 5.65 Å². The van der Waals surface area contributed by atoms with Crippen molar-refractivity contribution in [2.75, 3.05) is 0 Å². The van der Waals surface area contributed by atoms with Gasteiger partial charge in [-0.05, 0) is 47.5 Å². The summed E-state index contributed by atoms with van der Waals surface area (Å²) in [4.78, 5) is 4.61. The number of benzene rings is 3. The molecule has 0 bridgehead atoms. The van der Waals surface area contributed by atoms with E-state index in [1.165, 1.54) is 10.8 Å². The van der Waals surface area contributed by atoms with Gasteiger partial charge < -0.3 is 0 Å². The summed E-state index contributed by atoms with van der Waals surface area (Å²) >= 11 is 6.20. The minimum absolute atomic E-state index is 0.705. The van der Waals surface area contributed by atoms with Gasteiger partial charge in [-0.25, -0.2) is 9.50 Å². The van der Waals surface area contributed by atoms with Crippen LogP contribution in [0.15, 0.2) is 79.0 Å². The quantitative estimate of drug-likeness (QED) is 0.372. The molecule has 2 aromatic heterocycles. The van der Waals surface area contributed by atoms with E-state index in [4.69, 9.17) is 16.7 Å². The summed E-state index contributed by atoms with van der Waals surface area (Å²) in [6.07, 6.45) is 1.84. The molecule has 0 amide bonds. The van der Waals surface area contributed by atoms with Gasteiger partial charge in [-0.3, -0.25) is 0 Å². The van der Waals surface area contributed by atoms with E-state index in [0.717, 1.165) is 33.7 Å². The second-order valence-corrected chi connectivity index (χ2v) is 7.03. The Morgan fingerprint density at radius 2 is 1.67 bits per heavy atom. The SMILES string of the molecule is Cc1nn2c(-c3ccc4ccccc4c3)ccnc2c1-c1cccc(Cl)c1. The van der Waals surface area contributed by atoms with Crippen LogP contribution in [-0.2, 0) is 0 Å². The molecule has 3 nitrogen and oxygen atoms in total. The first-order valence-corrected chi connectivity index (χ1v) is 9.18. The van der Waals surface area contributed by atoms with Crippen LogP contribution in [0.2, 0.25) is 5.02 Å². The average molecular weight is 370 g/mol. The number of aryl methyl sites for hydroxylation is 1. The van der Waals surface area contributed by atoms with Gasteiger partial charge in [0, 0.05) is 22.3 Å². The third kappa shape index (κ3) is 2.68. The second kappa shape index (κ2) is 6.22. The fourth-order valence-corrected chi connectivity index (χ4v) is 3.79. The van der Waals surface area contributed by atoms with Crippen LogP contribution in [0.3, 0.4) is 0 Å². The minimum atomic E-state index is 0.705. The van der Waals surface area contributed by atoms with Crippen molar-refractivity contribution in [3.63, 3.8) is 0 Å². The highest BCUT2D eigenvalue weighted by atomic mass is 35.5. The van der Waals surface area contributed by atoms with Crippen molar-refractivity contribution in [2.45, 2.75) is 6.92 Å². The molecule has 5 aromatic rings. The molecular formula is C23H16ClN3. The zero-order valence-corrected chi connectivity index (χ0v) is 15.5. The molecule has 0 aliphatic heterocycles. The van der Waals surface area contributed by atoms with Crippen LogP contribution in [0.1, 0.15) is 5.69 Å². The van der Waals surface area contributed by atoms with E-state index in [1.807, 2.05) is 48.0 Å². The summed E-state index contributed by atoms with van der Waals surface area (Å²) in [5.74, 6) is 0. The van der Waals surface area contributed by atoms with Gasteiger partial charge in [-0.1, -0.05) is 60.1 Å². The van der Waals surface area contributed by atoms with Crippen molar-refractivity contribution in [2.24, 2.45) is 0 Å². The minimum Gasteiger partial charge on any atom is -0.236 e. The highest BCUT2D eigenvalue weighted by Crippen LogP contribution is 2.32. The molecule has 5 rings (SSSR count). The summed E-state index contributed by atoms with van der Waals surface area (Å²) < 4.78 is 1.93. The van der Waals surface area contributed by atoms with Gasteiger partial charge in [0.05, 0.1) is 11.4 Å². The molecule has 0 spiro atoms. The molecular weight excluding hydrogens is 354 g/mol. The Hall–Kier alpha value is -3.17. The maximum Gasteiger partial charge on any atom is 0.163 e. The first kappa shape index (κ1) is 16.0. The van der Waals surface area contributed by atoms with Crippen molar-refractivity contribution in [1.29, 1.82) is 0 Å². The maximum absolute atomic E-state index is 6.20. The van der Waals surface area contributed by atoms with E-state index < -0.39 is 0 Å². The lowest BCUT2D eigenvalue weighted by Crippen LogP contribution is -1.96. The smallest absolute Gasteiger partial charge is 0.163 e. The highest BCUT2D eigenvalue weighted by Gasteiger charge is 2.16. The summed E-state index contributed by atoms with van der Waals surface area (Å²) in [5.41, 5.74) is 5.93. The van der Waals surface area contributed by atoms with Crippen molar-refractivity contribution in [1.82, 2.24) is 14.6 Å². The summed E-state index contributed by atoms with van der Waals surface area (Å²) in [6.45, 7) is 2.01. The summed E-state index contributed by atoms with van der Waals surface area (Å²) in [5, 5.41) is 7.92. The molecule has 3 aromatic carbocycles. The number of hydrogen-bond acceptors (Lipinski definition) is 2. The van der Waals surface area contributed by atoms with Gasteiger partial charge in [0.2, 0.25) is 0 Å². The number of aromatic nitrogens is 3. The van der Waals surface area contributed by atoms with E-state index in [2.05, 4.69) is 47.4 Å². The van der Waals surface area contributed by atoms with E-state index in [1.54, 1.807) is 0 Å². The molecule has 0 atom stereocenters. The van der Waals surface area contributed by atoms with E-state index in [9.17, 15) is 0 Å². The van der Waals surface area contributed by atoms with Crippen molar-refractivity contribution in [3.05, 3.63) is 89.7 Å². The number of fused-ring (bicyclic) bond motifs is 2. The maximum atomic E-state index is 6.20. The molecule has 0 aliphatic carbocycles. The van der Waals surface area contributed by atoms with Crippen molar-refractivity contribution >= 4 is 28.0 Å². The molecule has 0 N–H and O–H groups in total. The van der Waals surface area contributed by atoms with E-state index >= 15 is 0 Å². The third-order valence-corrected chi connectivity index (χ3v) is 5.09. The molecule has 4 heteroatoms. The third-order valence-electron chi connectivity index (χ3n) is 4.85. The van der Waals surface area contributed by atoms with Crippen LogP contribution in [0, 0.1) is 6.92 Å². The van der Waals surface area contributed by atoms with Crippen LogP contribution < -0.4 is 0 Å². The lowest BCUT2D eigenvalue weighted by molar-refractivity contribution is 0.925. The molecule has 0 saturated heterocycles. The lowest BCUT2D eigenvalue weighted by Gasteiger charge is -2.07. The Morgan fingerprint density at radius 3 is 2.52 bits per heavy atom. The first-order valence-electron chi connectivity index (χ1n) is 8.80. The van der Waals surface area contributed by atoms with Crippen LogP contribution in [0.5, 0.6) is 0 Å². The topological polar surface area (TPSA) is 30.2 Å². The highest BCUT2D eigenvalue weighted by molar-refractivity contribution is 6.30. The van der Waals surface area contributed by atoms with E-state index in [-0.39, 0.29) is 0 Å². The largest absolute Gasteiger partial charge is 0.236 e. The Bertz CT molecular complexity index is 1300. The summed E-state index contributed by atoms with van der Waals surface area (Å²) in [7, 11) is 0. The number of hydrogen-bond donors (Lipinski definition) is 0. The van der Waals surface area contributed by atoms with Gasteiger partial charge in [-0.2, -0.15) is 5.10 Å². The molecule has 0 aliphatic rings. The van der Waals surface area contributed by atoms with Crippen LogP contribution in [0.25, 0.3) is 38.8 Å². The van der Waals surface area contributed by atoms with Crippen LogP contribution in [-0.4, -0.2) is 14.6 Å². The van der Waals surface area contributed by atoms with Crippen LogP contribution >= 0.6 is 11.6 Å². The molecule has 130 valence electrons. The second-order valence-electron chi connectivity index (χ2n) is 6.60. The molecule has 0 unspecified atom stereocenters. The molecule has 2 heterocycles. The van der Waals surface area contributed by atoms with Gasteiger partial charge in [0.1, 0.15) is 0 Å². The first-order chi connectivity index (χ1) is 13.2. The fourth-order valence-electron chi connectivity index (χ4n) is 3.60. The standard InChI is InChI=1S/C23H16ClN3/c1-15-22(19-7-4-8-20(24)14-19)23-25-12-11-21(27(23)26-15)18-10-9-16-5-2-3-6-17(16)13-18/h2-14H,1H3. The normalized spacial score (nSPS) is 11.3.